The highest BCUT2D eigenvalue weighted by Crippen LogP contribution is 2.51. The first-order chi connectivity index (χ1) is 11.6. The van der Waals surface area contributed by atoms with E-state index in [1.54, 1.807) is 14.2 Å². The Balaban J connectivity index is 1.79. The molecule has 1 aliphatic carbocycles. The van der Waals surface area contributed by atoms with Crippen LogP contribution in [-0.4, -0.2) is 51.5 Å². The van der Waals surface area contributed by atoms with Gasteiger partial charge < -0.3 is 14.4 Å². The molecule has 0 amide bonds. The van der Waals surface area contributed by atoms with Crippen molar-refractivity contribution in [2.75, 3.05) is 40.9 Å². The molecule has 1 aromatic rings. The van der Waals surface area contributed by atoms with E-state index in [4.69, 9.17) is 9.47 Å². The quantitative estimate of drug-likeness (QED) is 0.886. The highest BCUT2D eigenvalue weighted by molar-refractivity contribution is 5.50. The van der Waals surface area contributed by atoms with E-state index >= 15 is 0 Å². The van der Waals surface area contributed by atoms with Gasteiger partial charge in [-0.05, 0) is 43.0 Å². The molecule has 0 unspecified atom stereocenters. The molecule has 0 bridgehead atoms. The smallest absolute Gasteiger partial charge is 0.161 e. The number of nitrogens with one attached hydrogen (secondary N) is 2. The Morgan fingerprint density at radius 3 is 2.46 bits per heavy atom. The van der Waals surface area contributed by atoms with Gasteiger partial charge in [-0.2, -0.15) is 0 Å². The molecule has 4 rings (SSSR count). The van der Waals surface area contributed by atoms with Crippen LogP contribution in [0.25, 0.3) is 0 Å². The average Bonchev–Trinajstić information content (AvgIpc) is 3.21. The van der Waals surface area contributed by atoms with Crippen molar-refractivity contribution < 1.29 is 9.47 Å². The molecular formula is C19H27N3O2. The lowest BCUT2D eigenvalue weighted by atomic mass is 9.68. The van der Waals surface area contributed by atoms with E-state index < -0.39 is 0 Å². The number of nitrogens with zero attached hydrogens (tertiary/aromatic N) is 1. The molecule has 5 heteroatoms. The number of ether oxygens (including phenoxy) is 2. The third kappa shape index (κ3) is 2.22. The highest BCUT2D eigenvalue weighted by atomic mass is 16.5. The first-order valence-electron chi connectivity index (χ1n) is 8.79. The van der Waals surface area contributed by atoms with E-state index in [2.05, 4.69) is 40.8 Å². The molecule has 3 aliphatic rings. The fraction of sp³-hybridized carbons (Fsp3) is 0.579. The Kier molecular flexibility index (Phi) is 3.73. The van der Waals surface area contributed by atoms with Crippen LogP contribution in [0.4, 0.5) is 0 Å². The van der Waals surface area contributed by atoms with Crippen molar-refractivity contribution in [2.24, 2.45) is 0 Å². The second kappa shape index (κ2) is 5.67. The van der Waals surface area contributed by atoms with Crippen molar-refractivity contribution in [3.8, 4) is 11.5 Å². The van der Waals surface area contributed by atoms with Gasteiger partial charge in [-0.15, -0.1) is 0 Å². The summed E-state index contributed by atoms with van der Waals surface area (Å²) in [5, 5.41) is 7.31. The topological polar surface area (TPSA) is 45.8 Å². The minimum Gasteiger partial charge on any atom is -0.493 e. The maximum absolute atomic E-state index is 5.55. The average molecular weight is 329 g/mol. The van der Waals surface area contributed by atoms with Crippen molar-refractivity contribution in [1.29, 1.82) is 0 Å². The number of likely N-dealkylation sites (tertiary alicyclic amines) is 1. The van der Waals surface area contributed by atoms with Crippen LogP contribution >= 0.6 is 0 Å². The standard InChI is InChI=1S/C19H27N3O2/c1-22-11-8-18(14-4-5-15(23-2)16(12-14)24-3)6-7-19(13-17(18)22)20-9-10-21-19/h4-5,12-13,20-21H,6-11H2,1-3H3/t18-/m0/s1. The van der Waals surface area contributed by atoms with E-state index in [0.29, 0.717) is 0 Å². The second-order valence-electron chi connectivity index (χ2n) is 7.18. The van der Waals surface area contributed by atoms with Crippen molar-refractivity contribution in [2.45, 2.75) is 30.3 Å². The fourth-order valence-corrected chi connectivity index (χ4v) is 4.67. The number of rotatable bonds is 3. The number of allylic oxidation sites excluding steroid dienone is 1. The molecule has 1 aromatic carbocycles. The minimum absolute atomic E-state index is 0.0199. The van der Waals surface area contributed by atoms with Crippen molar-refractivity contribution in [3.05, 3.63) is 35.5 Å². The molecule has 2 aliphatic heterocycles. The molecule has 2 saturated heterocycles. The lowest BCUT2D eigenvalue weighted by Crippen LogP contribution is -2.52. The Bertz CT molecular complexity index is 667. The summed E-state index contributed by atoms with van der Waals surface area (Å²) in [7, 11) is 5.60. The molecule has 1 atom stereocenters. The SMILES string of the molecule is COc1ccc([C@]23CCN(C)C2=CC2(CC3)NCCN2)cc1OC. The van der Waals surface area contributed by atoms with Gasteiger partial charge in [-0.1, -0.05) is 6.07 Å². The van der Waals surface area contributed by atoms with Crippen molar-refractivity contribution >= 4 is 0 Å². The second-order valence-corrected chi connectivity index (χ2v) is 7.18. The largest absolute Gasteiger partial charge is 0.493 e. The number of hydrogen-bond donors (Lipinski definition) is 2. The molecule has 2 heterocycles. The molecule has 0 radical (unpaired) electrons. The lowest BCUT2D eigenvalue weighted by molar-refractivity contribution is 0.290. The maximum atomic E-state index is 5.55. The Hall–Kier alpha value is -1.72. The van der Waals surface area contributed by atoms with Crippen LogP contribution in [0.3, 0.4) is 0 Å². The van der Waals surface area contributed by atoms with Gasteiger partial charge in [0.05, 0.1) is 19.9 Å². The summed E-state index contributed by atoms with van der Waals surface area (Å²) in [4.78, 5) is 2.42. The summed E-state index contributed by atoms with van der Waals surface area (Å²) in [5.41, 5.74) is 2.84. The van der Waals surface area contributed by atoms with Gasteiger partial charge in [0.15, 0.2) is 11.5 Å². The third-order valence-corrected chi connectivity index (χ3v) is 6.05. The summed E-state index contributed by atoms with van der Waals surface area (Å²) >= 11 is 0. The van der Waals surface area contributed by atoms with E-state index in [1.807, 2.05) is 6.07 Å². The van der Waals surface area contributed by atoms with E-state index in [-0.39, 0.29) is 11.1 Å². The predicted molar refractivity (Wildman–Crippen MR) is 94.5 cm³/mol. The zero-order chi connectivity index (χ0) is 16.8. The zero-order valence-corrected chi connectivity index (χ0v) is 14.8. The Labute approximate surface area is 144 Å². The van der Waals surface area contributed by atoms with Crippen LogP contribution in [0.2, 0.25) is 0 Å². The summed E-state index contributed by atoms with van der Waals surface area (Å²) < 4.78 is 11.0. The molecular weight excluding hydrogens is 302 g/mol. The zero-order valence-electron chi connectivity index (χ0n) is 14.8. The van der Waals surface area contributed by atoms with Gasteiger partial charge in [-0.3, -0.25) is 10.6 Å². The molecule has 0 saturated carbocycles. The number of fused-ring (bicyclic) bond motifs is 1. The van der Waals surface area contributed by atoms with Gasteiger partial charge in [0.2, 0.25) is 0 Å². The molecule has 130 valence electrons. The van der Waals surface area contributed by atoms with E-state index in [0.717, 1.165) is 50.4 Å². The molecule has 2 fully saturated rings. The fourth-order valence-electron chi connectivity index (χ4n) is 4.67. The molecule has 2 N–H and O–H groups in total. The van der Waals surface area contributed by atoms with E-state index in [1.165, 1.54) is 11.3 Å². The number of methoxy groups -OCH3 is 2. The molecule has 5 nitrogen and oxygen atoms in total. The first-order valence-corrected chi connectivity index (χ1v) is 8.79. The minimum atomic E-state index is -0.0199. The predicted octanol–water partition coefficient (Wildman–Crippen LogP) is 1.84. The van der Waals surface area contributed by atoms with Gasteiger partial charge >= 0.3 is 0 Å². The van der Waals surface area contributed by atoms with Gasteiger partial charge in [0.1, 0.15) is 0 Å². The summed E-state index contributed by atoms with van der Waals surface area (Å²) in [6.45, 7) is 3.17. The maximum Gasteiger partial charge on any atom is 0.161 e. The summed E-state index contributed by atoms with van der Waals surface area (Å²) in [5.74, 6) is 1.61. The first kappa shape index (κ1) is 15.8. The van der Waals surface area contributed by atoms with Crippen molar-refractivity contribution in [3.63, 3.8) is 0 Å². The summed E-state index contributed by atoms with van der Waals surface area (Å²) in [6.07, 6.45) is 5.84. The van der Waals surface area contributed by atoms with Crippen molar-refractivity contribution in [1.82, 2.24) is 15.5 Å². The van der Waals surface area contributed by atoms with Gasteiger partial charge in [0.25, 0.3) is 0 Å². The van der Waals surface area contributed by atoms with Crippen LogP contribution in [-0.2, 0) is 5.41 Å². The normalized spacial score (nSPS) is 28.0. The van der Waals surface area contributed by atoms with Gasteiger partial charge in [0, 0.05) is 37.8 Å². The highest BCUT2D eigenvalue weighted by Gasteiger charge is 2.49. The third-order valence-electron chi connectivity index (χ3n) is 6.05. The Morgan fingerprint density at radius 2 is 1.75 bits per heavy atom. The van der Waals surface area contributed by atoms with Crippen LogP contribution in [0.1, 0.15) is 24.8 Å². The number of likely N-dealkylation sites (N-methyl/N-ethyl adjacent to an activating group) is 1. The Morgan fingerprint density at radius 1 is 1.00 bits per heavy atom. The van der Waals surface area contributed by atoms with Crippen LogP contribution in [0.5, 0.6) is 11.5 Å². The molecule has 0 aromatic heterocycles. The van der Waals surface area contributed by atoms with Crippen LogP contribution < -0.4 is 20.1 Å². The van der Waals surface area contributed by atoms with Gasteiger partial charge in [-0.25, -0.2) is 0 Å². The summed E-state index contributed by atoms with van der Waals surface area (Å²) in [6, 6.07) is 6.41. The number of benzene rings is 1. The molecule has 1 spiro atoms. The van der Waals surface area contributed by atoms with E-state index in [9.17, 15) is 0 Å². The number of hydrogen-bond acceptors (Lipinski definition) is 5. The van der Waals surface area contributed by atoms with Crippen LogP contribution in [0.15, 0.2) is 30.0 Å². The monoisotopic (exact) mass is 329 g/mol. The lowest BCUT2D eigenvalue weighted by Gasteiger charge is -2.42. The molecule has 24 heavy (non-hydrogen) atoms. The van der Waals surface area contributed by atoms with Crippen LogP contribution in [0, 0.1) is 0 Å².